The van der Waals surface area contributed by atoms with E-state index in [1.807, 2.05) is 24.3 Å². The average Bonchev–Trinajstić information content (AvgIpc) is 3.53. The third-order valence-corrected chi connectivity index (χ3v) is 4.74. The Balaban J connectivity index is 1.88. The number of benzene rings is 2. The van der Waals surface area contributed by atoms with Gasteiger partial charge in [-0.05, 0) is 61.6 Å². The quantitative estimate of drug-likeness (QED) is 0.671. The Labute approximate surface area is 161 Å². The lowest BCUT2D eigenvalue weighted by Crippen LogP contribution is -2.21. The van der Waals surface area contributed by atoms with E-state index < -0.39 is 5.82 Å². The minimum atomic E-state index is -0.660. The fraction of sp³-hybridized carbons (Fsp3) is 0.227. The zero-order valence-electron chi connectivity index (χ0n) is 15.4. The lowest BCUT2D eigenvalue weighted by atomic mass is 10.1. The highest BCUT2D eigenvalue weighted by Crippen LogP contribution is 2.40. The van der Waals surface area contributed by atoms with Crippen molar-refractivity contribution in [2.45, 2.75) is 25.7 Å². The van der Waals surface area contributed by atoms with Crippen molar-refractivity contribution in [1.82, 2.24) is 9.55 Å². The summed E-state index contributed by atoms with van der Waals surface area (Å²) in [6, 6.07) is 15.1. The van der Waals surface area contributed by atoms with Crippen molar-refractivity contribution in [2.24, 2.45) is 0 Å². The van der Waals surface area contributed by atoms with Gasteiger partial charge in [0.05, 0.1) is 23.9 Å². The van der Waals surface area contributed by atoms with Crippen LogP contribution in [0.3, 0.4) is 0 Å². The summed E-state index contributed by atoms with van der Waals surface area (Å²) in [6.45, 7) is 2.15. The normalized spacial score (nSPS) is 13.2. The molecule has 0 unspecified atom stereocenters. The van der Waals surface area contributed by atoms with Crippen molar-refractivity contribution in [3.05, 3.63) is 75.8 Å². The average molecular weight is 375 g/mol. The number of nitrogens with zero attached hydrogens (tertiary/aromatic N) is 3. The number of hydrogen-bond acceptors (Lipinski definition) is 4. The fourth-order valence-electron chi connectivity index (χ4n) is 3.18. The molecule has 140 valence electrons. The zero-order chi connectivity index (χ0) is 19.7. The van der Waals surface area contributed by atoms with E-state index >= 15 is 0 Å². The maximum atomic E-state index is 14.2. The Kier molecular flexibility index (Phi) is 4.66. The van der Waals surface area contributed by atoms with Crippen molar-refractivity contribution in [2.75, 3.05) is 6.61 Å². The summed E-state index contributed by atoms with van der Waals surface area (Å²) in [7, 11) is 0. The number of nitriles is 1. The largest absolute Gasteiger partial charge is 0.478 e. The van der Waals surface area contributed by atoms with Crippen LogP contribution in [0.15, 0.2) is 53.3 Å². The summed E-state index contributed by atoms with van der Waals surface area (Å²) < 4.78 is 21.0. The molecule has 1 fully saturated rings. The molecule has 1 heterocycles. The number of halogens is 1. The molecule has 0 aliphatic heterocycles. The molecule has 0 amide bonds. The Hall–Kier alpha value is -3.46. The first kappa shape index (κ1) is 17.9. The fourth-order valence-corrected chi connectivity index (χ4v) is 3.18. The Morgan fingerprint density at radius 1 is 1.21 bits per heavy atom. The van der Waals surface area contributed by atoms with Crippen molar-refractivity contribution >= 4 is 0 Å². The van der Waals surface area contributed by atoms with Gasteiger partial charge < -0.3 is 4.74 Å². The number of rotatable bonds is 5. The SMILES string of the molecule is CCOc1cc(=O)n(-c2ccc(C3CC3)cc2)c(-c2ccc(C#N)c(F)c2)n1. The molecule has 5 nitrogen and oxygen atoms in total. The van der Waals surface area contributed by atoms with E-state index in [0.29, 0.717) is 23.8 Å². The summed E-state index contributed by atoms with van der Waals surface area (Å²) in [4.78, 5) is 17.3. The van der Waals surface area contributed by atoms with Crippen molar-refractivity contribution in [1.29, 1.82) is 5.26 Å². The van der Waals surface area contributed by atoms with E-state index in [2.05, 4.69) is 4.98 Å². The molecule has 4 rings (SSSR count). The third kappa shape index (κ3) is 3.39. The van der Waals surface area contributed by atoms with Crippen LogP contribution >= 0.6 is 0 Å². The maximum Gasteiger partial charge on any atom is 0.262 e. The molecule has 1 aliphatic rings. The lowest BCUT2D eigenvalue weighted by Gasteiger charge is -2.14. The van der Waals surface area contributed by atoms with Gasteiger partial charge in [0.15, 0.2) is 5.82 Å². The summed E-state index contributed by atoms with van der Waals surface area (Å²) in [5.74, 6) is 0.389. The van der Waals surface area contributed by atoms with E-state index in [-0.39, 0.29) is 22.8 Å². The van der Waals surface area contributed by atoms with Crippen molar-refractivity contribution in [3.8, 4) is 29.0 Å². The maximum absolute atomic E-state index is 14.2. The van der Waals surface area contributed by atoms with Crippen LogP contribution < -0.4 is 10.3 Å². The van der Waals surface area contributed by atoms with Crippen LogP contribution in [0.25, 0.3) is 17.1 Å². The van der Waals surface area contributed by atoms with Gasteiger partial charge in [0, 0.05) is 5.56 Å². The third-order valence-electron chi connectivity index (χ3n) is 4.74. The molecular weight excluding hydrogens is 357 g/mol. The van der Waals surface area contributed by atoms with E-state index in [1.54, 1.807) is 19.1 Å². The molecule has 0 atom stereocenters. The van der Waals surface area contributed by atoms with Crippen molar-refractivity contribution < 1.29 is 9.13 Å². The molecule has 0 N–H and O–H groups in total. The molecular formula is C22H18FN3O2. The summed E-state index contributed by atoms with van der Waals surface area (Å²) in [6.07, 6.45) is 2.39. The molecule has 6 heteroatoms. The zero-order valence-corrected chi connectivity index (χ0v) is 15.4. The summed E-state index contributed by atoms with van der Waals surface area (Å²) in [5, 5.41) is 8.97. The van der Waals surface area contributed by atoms with E-state index in [4.69, 9.17) is 10.00 Å². The Morgan fingerprint density at radius 3 is 2.57 bits per heavy atom. The van der Waals surface area contributed by atoms with Gasteiger partial charge in [-0.3, -0.25) is 9.36 Å². The van der Waals surface area contributed by atoms with Crippen LogP contribution in [0.4, 0.5) is 4.39 Å². The van der Waals surface area contributed by atoms with Gasteiger partial charge in [-0.15, -0.1) is 0 Å². The minimum Gasteiger partial charge on any atom is -0.478 e. The Morgan fingerprint density at radius 2 is 1.96 bits per heavy atom. The molecule has 0 saturated heterocycles. The van der Waals surface area contributed by atoms with Gasteiger partial charge in [-0.2, -0.15) is 10.2 Å². The predicted molar refractivity (Wildman–Crippen MR) is 103 cm³/mol. The summed E-state index contributed by atoms with van der Waals surface area (Å²) in [5.41, 5.74) is 1.90. The first-order valence-electron chi connectivity index (χ1n) is 9.18. The molecule has 1 saturated carbocycles. The van der Waals surface area contributed by atoms with Crippen LogP contribution in [0.1, 0.15) is 36.8 Å². The van der Waals surface area contributed by atoms with Crippen molar-refractivity contribution in [3.63, 3.8) is 0 Å². The highest BCUT2D eigenvalue weighted by molar-refractivity contribution is 5.61. The first-order valence-corrected chi connectivity index (χ1v) is 9.18. The molecule has 0 spiro atoms. The molecule has 0 radical (unpaired) electrons. The highest BCUT2D eigenvalue weighted by atomic mass is 19.1. The predicted octanol–water partition coefficient (Wildman–Crippen LogP) is 4.19. The molecule has 0 bridgehead atoms. The van der Waals surface area contributed by atoms with Gasteiger partial charge in [-0.1, -0.05) is 12.1 Å². The van der Waals surface area contributed by atoms with E-state index in [0.717, 1.165) is 0 Å². The number of hydrogen-bond donors (Lipinski definition) is 0. The van der Waals surface area contributed by atoms with Gasteiger partial charge in [-0.25, -0.2) is 4.39 Å². The van der Waals surface area contributed by atoms with E-state index in [9.17, 15) is 9.18 Å². The molecule has 1 aliphatic carbocycles. The van der Waals surface area contributed by atoms with Gasteiger partial charge in [0.1, 0.15) is 11.9 Å². The minimum absolute atomic E-state index is 0.0626. The smallest absolute Gasteiger partial charge is 0.262 e. The standard InChI is InChI=1S/C22H18FN3O2/c1-2-28-20-12-21(27)26(18-9-7-15(8-10-18)14-3-4-14)22(25-20)16-5-6-17(13-24)19(23)11-16/h5-12,14H,2-4H2,1H3. The van der Waals surface area contributed by atoms with Crippen LogP contribution in [0.2, 0.25) is 0 Å². The number of ether oxygens (including phenoxy) is 1. The van der Waals surface area contributed by atoms with Gasteiger partial charge >= 0.3 is 0 Å². The second-order valence-electron chi connectivity index (χ2n) is 6.70. The van der Waals surface area contributed by atoms with Crippen LogP contribution in [-0.2, 0) is 0 Å². The number of aromatic nitrogens is 2. The van der Waals surface area contributed by atoms with E-state index in [1.165, 1.54) is 41.2 Å². The van der Waals surface area contributed by atoms with Gasteiger partial charge in [0.2, 0.25) is 5.88 Å². The lowest BCUT2D eigenvalue weighted by molar-refractivity contribution is 0.325. The van der Waals surface area contributed by atoms with Gasteiger partial charge in [0.25, 0.3) is 5.56 Å². The summed E-state index contributed by atoms with van der Waals surface area (Å²) >= 11 is 0. The Bertz CT molecular complexity index is 1130. The van der Waals surface area contributed by atoms with Crippen LogP contribution in [0.5, 0.6) is 5.88 Å². The second kappa shape index (κ2) is 7.28. The second-order valence-corrected chi connectivity index (χ2v) is 6.70. The first-order chi connectivity index (χ1) is 13.6. The highest BCUT2D eigenvalue weighted by Gasteiger charge is 2.23. The monoisotopic (exact) mass is 375 g/mol. The van der Waals surface area contributed by atoms with Crippen LogP contribution in [0, 0.1) is 17.1 Å². The topological polar surface area (TPSA) is 67.9 Å². The molecule has 28 heavy (non-hydrogen) atoms. The van der Waals surface area contributed by atoms with Crippen LogP contribution in [-0.4, -0.2) is 16.2 Å². The molecule has 2 aromatic carbocycles. The molecule has 1 aromatic heterocycles. The molecule has 3 aromatic rings.